The minimum Gasteiger partial charge on any atom is -0.465 e. The number of rotatable bonds is 16. The molecule has 22 heteroatoms. The Bertz CT molecular complexity index is 2600. The molecule has 0 saturated heterocycles. The van der Waals surface area contributed by atoms with Gasteiger partial charge in [0.15, 0.2) is 46.3 Å². The van der Waals surface area contributed by atoms with Crippen LogP contribution in [-0.2, 0) is 36.4 Å². The van der Waals surface area contributed by atoms with Crippen molar-refractivity contribution in [3.63, 3.8) is 0 Å². The van der Waals surface area contributed by atoms with Crippen LogP contribution < -0.4 is 11.5 Å². The van der Waals surface area contributed by atoms with Crippen molar-refractivity contribution >= 4 is 46.6 Å². The van der Waals surface area contributed by atoms with Crippen LogP contribution in [0.2, 0.25) is 0 Å². The number of esters is 2. The molecule has 22 nitrogen and oxygen atoms in total. The number of carbonyl (C=O) groups is 2. The standard InChI is InChI=1S/C40H44N18O4/c1-7-9-15-25-33(47-49-37-29(39(59)61-5)31(53-55(37)3)23-17-11-13-19-43-23)35(41)57(51-25)27-21-28(46-22-45-27)58-36(42)34(26(52-58)16-10-8-2)48-50-38-30(40(60)62-6)32(54-56(38)4)24-18-12-14-20-44-24/h11-14,17-22H,7-10,15-16,41-42H2,1-6H3/b49-47+,50-48+. The van der Waals surface area contributed by atoms with E-state index in [-0.39, 0.29) is 68.8 Å². The Hall–Kier alpha value is -8.04. The Labute approximate surface area is 354 Å². The van der Waals surface area contributed by atoms with E-state index in [9.17, 15) is 9.59 Å². The van der Waals surface area contributed by atoms with E-state index in [1.54, 1.807) is 69.0 Å². The van der Waals surface area contributed by atoms with Gasteiger partial charge in [-0.1, -0.05) is 38.8 Å². The van der Waals surface area contributed by atoms with Gasteiger partial charge in [0.25, 0.3) is 0 Å². The maximum atomic E-state index is 13.1. The molecule has 4 N–H and O–H groups in total. The molecule has 7 heterocycles. The van der Waals surface area contributed by atoms with Gasteiger partial charge >= 0.3 is 11.9 Å². The number of pyridine rings is 2. The molecule has 0 aliphatic heterocycles. The summed E-state index contributed by atoms with van der Waals surface area (Å²) in [6.07, 6.45) is 8.88. The van der Waals surface area contributed by atoms with Crippen LogP contribution in [0.3, 0.4) is 0 Å². The minimum absolute atomic E-state index is 0.0893. The van der Waals surface area contributed by atoms with Gasteiger partial charge in [-0.3, -0.25) is 9.97 Å². The van der Waals surface area contributed by atoms with E-state index in [0.717, 1.165) is 25.7 Å². The number of unbranched alkanes of at least 4 members (excludes halogenated alkanes) is 2. The second kappa shape index (κ2) is 18.5. The van der Waals surface area contributed by atoms with Crippen LogP contribution in [0.15, 0.2) is 81.6 Å². The molecular weight excluding hydrogens is 797 g/mol. The summed E-state index contributed by atoms with van der Waals surface area (Å²) in [6, 6.07) is 12.2. The Morgan fingerprint density at radius 1 is 0.629 bits per heavy atom. The lowest BCUT2D eigenvalue weighted by Gasteiger charge is -2.06. The van der Waals surface area contributed by atoms with Crippen LogP contribution in [0.1, 0.15) is 71.6 Å². The van der Waals surface area contributed by atoms with Crippen LogP contribution in [0.25, 0.3) is 34.4 Å². The summed E-state index contributed by atoms with van der Waals surface area (Å²) >= 11 is 0. The quantitative estimate of drug-likeness (QED) is 0.0757. The van der Waals surface area contributed by atoms with Crippen molar-refractivity contribution in [3.05, 3.63) is 83.7 Å². The molecule has 0 bridgehead atoms. The molecule has 0 fully saturated rings. The number of aryl methyl sites for hydroxylation is 4. The predicted molar refractivity (Wildman–Crippen MR) is 226 cm³/mol. The van der Waals surface area contributed by atoms with Crippen LogP contribution in [0.4, 0.5) is 34.6 Å². The van der Waals surface area contributed by atoms with Crippen LogP contribution >= 0.6 is 0 Å². The van der Waals surface area contributed by atoms with E-state index < -0.39 is 11.9 Å². The van der Waals surface area contributed by atoms with E-state index in [4.69, 9.17) is 31.1 Å². The van der Waals surface area contributed by atoms with Crippen molar-refractivity contribution in [1.29, 1.82) is 0 Å². The predicted octanol–water partition coefficient (Wildman–Crippen LogP) is 6.69. The average molecular weight is 841 g/mol. The zero-order valence-electron chi connectivity index (χ0n) is 35.0. The van der Waals surface area contributed by atoms with Gasteiger partial charge < -0.3 is 20.9 Å². The molecule has 7 rings (SSSR count). The van der Waals surface area contributed by atoms with Crippen molar-refractivity contribution in [2.24, 2.45) is 34.6 Å². The topological polar surface area (TPSA) is 277 Å². The zero-order valence-corrected chi connectivity index (χ0v) is 35.0. The number of azo groups is 2. The molecule has 0 saturated carbocycles. The molecule has 0 atom stereocenters. The van der Waals surface area contributed by atoms with Gasteiger partial charge in [-0.15, -0.1) is 20.5 Å². The zero-order chi connectivity index (χ0) is 43.9. The summed E-state index contributed by atoms with van der Waals surface area (Å²) in [6.45, 7) is 4.11. The van der Waals surface area contributed by atoms with Gasteiger partial charge in [0.2, 0.25) is 0 Å². The Morgan fingerprint density at radius 3 is 1.44 bits per heavy atom. The molecular formula is C40H44N18O4. The number of nitrogens with zero attached hydrogens (tertiary/aromatic N) is 16. The Morgan fingerprint density at radius 2 is 1.06 bits per heavy atom. The summed E-state index contributed by atoms with van der Waals surface area (Å²) in [5, 5.41) is 36.6. The normalized spacial score (nSPS) is 11.6. The first-order chi connectivity index (χ1) is 30.1. The fourth-order valence-electron chi connectivity index (χ4n) is 6.50. The maximum Gasteiger partial charge on any atom is 0.344 e. The lowest BCUT2D eigenvalue weighted by molar-refractivity contribution is 0.0593. The molecule has 0 spiro atoms. The summed E-state index contributed by atoms with van der Waals surface area (Å²) in [5.41, 5.74) is 16.9. The number of hydrogen-bond donors (Lipinski definition) is 2. The Kier molecular flexibility index (Phi) is 12.5. The smallest absolute Gasteiger partial charge is 0.344 e. The molecule has 0 aromatic carbocycles. The second-order valence-electron chi connectivity index (χ2n) is 13.8. The van der Waals surface area contributed by atoms with Gasteiger partial charge in [0, 0.05) is 32.6 Å². The van der Waals surface area contributed by atoms with Crippen molar-refractivity contribution in [1.82, 2.24) is 59.1 Å². The fourth-order valence-corrected chi connectivity index (χ4v) is 6.50. The largest absolute Gasteiger partial charge is 0.465 e. The minimum atomic E-state index is -0.658. The van der Waals surface area contributed by atoms with Crippen LogP contribution in [-0.4, -0.2) is 85.2 Å². The molecule has 7 aromatic heterocycles. The number of methoxy groups -OCH3 is 2. The highest BCUT2D eigenvalue weighted by molar-refractivity contribution is 6.01. The number of nitrogen functional groups attached to an aromatic ring is 2. The van der Waals surface area contributed by atoms with Crippen molar-refractivity contribution in [3.8, 4) is 34.4 Å². The first-order valence-corrected chi connectivity index (χ1v) is 19.6. The second-order valence-corrected chi connectivity index (χ2v) is 13.8. The van der Waals surface area contributed by atoms with Crippen molar-refractivity contribution < 1.29 is 19.1 Å². The number of aromatic nitrogens is 12. The summed E-state index contributed by atoms with van der Waals surface area (Å²) < 4.78 is 15.9. The summed E-state index contributed by atoms with van der Waals surface area (Å²) in [5.74, 6) is -0.218. The number of anilines is 2. The van der Waals surface area contributed by atoms with Gasteiger partial charge in [-0.05, 0) is 49.9 Å². The third kappa shape index (κ3) is 8.24. The summed E-state index contributed by atoms with van der Waals surface area (Å²) in [4.78, 5) is 43.8. The van der Waals surface area contributed by atoms with E-state index in [2.05, 4.69) is 64.4 Å². The molecule has 0 amide bonds. The number of hydrogen-bond acceptors (Lipinski definition) is 18. The average Bonchev–Trinajstić information content (AvgIpc) is 4.02. The molecule has 318 valence electrons. The monoisotopic (exact) mass is 840 g/mol. The van der Waals surface area contributed by atoms with Gasteiger partial charge in [-0.2, -0.15) is 29.8 Å². The highest BCUT2D eigenvalue weighted by Crippen LogP contribution is 2.37. The lowest BCUT2D eigenvalue weighted by atomic mass is 10.1. The first-order valence-electron chi connectivity index (χ1n) is 19.6. The molecule has 0 radical (unpaired) electrons. The summed E-state index contributed by atoms with van der Waals surface area (Å²) in [7, 11) is 5.83. The van der Waals surface area contributed by atoms with Crippen molar-refractivity contribution in [2.75, 3.05) is 25.7 Å². The Balaban J connectivity index is 1.27. The van der Waals surface area contributed by atoms with Crippen LogP contribution in [0.5, 0.6) is 0 Å². The van der Waals surface area contributed by atoms with Crippen molar-refractivity contribution in [2.45, 2.75) is 52.4 Å². The van der Waals surface area contributed by atoms with Gasteiger partial charge in [0.05, 0.1) is 37.0 Å². The molecule has 0 unspecified atom stereocenters. The number of carbonyl (C=O) groups excluding carboxylic acids is 2. The molecule has 7 aromatic rings. The molecule has 0 aliphatic rings. The fraction of sp³-hybridized carbons (Fsp3) is 0.300. The maximum absolute atomic E-state index is 13.1. The highest BCUT2D eigenvalue weighted by atomic mass is 16.5. The number of nitrogens with two attached hydrogens (primary N) is 2. The third-order valence-electron chi connectivity index (χ3n) is 9.65. The SMILES string of the molecule is CCCCc1nn(-c2cc(-n3nc(CCCC)c(/N=N/c4c(C(=O)OC)c(-c5ccccn5)nn4C)c3N)ncn2)c(N)c1/N=N/c1c(C(=O)OC)c(-c2ccccn2)nn1C. The van der Waals surface area contributed by atoms with Gasteiger partial charge in [-0.25, -0.2) is 28.9 Å². The van der Waals surface area contributed by atoms with E-state index in [1.807, 2.05) is 0 Å². The van der Waals surface area contributed by atoms with E-state index in [0.29, 0.717) is 35.6 Å². The molecule has 62 heavy (non-hydrogen) atoms. The third-order valence-corrected chi connectivity index (χ3v) is 9.65. The van der Waals surface area contributed by atoms with E-state index >= 15 is 0 Å². The van der Waals surface area contributed by atoms with Gasteiger partial charge in [0.1, 0.15) is 28.8 Å². The first kappa shape index (κ1) is 42.1. The molecule has 0 aliphatic carbocycles. The number of ether oxygens (including phenoxy) is 2. The van der Waals surface area contributed by atoms with E-state index in [1.165, 1.54) is 39.3 Å². The van der Waals surface area contributed by atoms with Crippen LogP contribution in [0, 0.1) is 0 Å². The lowest BCUT2D eigenvalue weighted by Crippen LogP contribution is -2.09. The highest BCUT2D eigenvalue weighted by Gasteiger charge is 2.28.